The molecule has 0 fully saturated rings. The fraction of sp³-hybridized carbons (Fsp3) is 0.107. The largest absolute Gasteiger partial charge is 0.497 e. The maximum Gasteiger partial charge on any atom is 0.416 e. The molecule has 0 spiro atoms. The Hall–Kier alpha value is -4.06. The van der Waals surface area contributed by atoms with Gasteiger partial charge in [0.1, 0.15) is 11.6 Å². The highest BCUT2D eigenvalue weighted by molar-refractivity contribution is 5.99. The minimum absolute atomic E-state index is 0.658. The molecule has 0 aliphatic carbocycles. The molecule has 5 aromatic rings. The fourth-order valence-corrected chi connectivity index (χ4v) is 4.26. The van der Waals surface area contributed by atoms with Crippen molar-refractivity contribution in [3.8, 4) is 39.7 Å². The van der Waals surface area contributed by atoms with Gasteiger partial charge in [-0.05, 0) is 47.2 Å². The Morgan fingerprint density at radius 1 is 0.765 bits per heavy atom. The van der Waals surface area contributed by atoms with E-state index < -0.39 is 11.7 Å². The zero-order valence-corrected chi connectivity index (χ0v) is 18.6. The van der Waals surface area contributed by atoms with Crippen LogP contribution in [0.5, 0.6) is 5.75 Å². The van der Waals surface area contributed by atoms with Gasteiger partial charge in [0.15, 0.2) is 0 Å². The molecule has 1 heterocycles. The van der Waals surface area contributed by atoms with Crippen molar-refractivity contribution in [1.29, 1.82) is 0 Å². The quantitative estimate of drug-likeness (QED) is 0.277. The van der Waals surface area contributed by atoms with Crippen LogP contribution in [0.3, 0.4) is 0 Å². The number of nitrogens with zero attached hydrogens (tertiary/aromatic N) is 2. The molecule has 6 heteroatoms. The van der Waals surface area contributed by atoms with Gasteiger partial charge in [-0.25, -0.2) is 4.98 Å². The second kappa shape index (κ2) is 8.37. The van der Waals surface area contributed by atoms with Gasteiger partial charge in [0.05, 0.1) is 24.1 Å². The summed E-state index contributed by atoms with van der Waals surface area (Å²) in [6.45, 7) is 0. The molecule has 0 atom stereocenters. The molecule has 4 aromatic carbocycles. The van der Waals surface area contributed by atoms with Crippen molar-refractivity contribution in [1.82, 2.24) is 9.55 Å². The Morgan fingerprint density at radius 2 is 1.41 bits per heavy atom. The van der Waals surface area contributed by atoms with E-state index in [2.05, 4.69) is 0 Å². The van der Waals surface area contributed by atoms with Crippen LogP contribution in [0.15, 0.2) is 91.0 Å². The smallest absolute Gasteiger partial charge is 0.416 e. The topological polar surface area (TPSA) is 27.1 Å². The van der Waals surface area contributed by atoms with Crippen LogP contribution < -0.4 is 4.74 Å². The Balaban J connectivity index is 1.75. The van der Waals surface area contributed by atoms with Crippen LogP contribution in [0.1, 0.15) is 5.56 Å². The SMILES string of the molecule is COc1ccc(-c2nc(-c3cccc4ccccc34)c(-c3ccc(C(F)(F)F)cc3)n2C)cc1. The predicted molar refractivity (Wildman–Crippen MR) is 129 cm³/mol. The molecule has 0 aliphatic rings. The van der Waals surface area contributed by atoms with Crippen LogP contribution in [0.25, 0.3) is 44.7 Å². The fourth-order valence-electron chi connectivity index (χ4n) is 4.26. The number of alkyl halides is 3. The number of hydrogen-bond donors (Lipinski definition) is 0. The van der Waals surface area contributed by atoms with Crippen LogP contribution in [-0.4, -0.2) is 16.7 Å². The summed E-state index contributed by atoms with van der Waals surface area (Å²) in [6, 6.07) is 26.8. The number of methoxy groups -OCH3 is 1. The van der Waals surface area contributed by atoms with Crippen LogP contribution in [0, 0.1) is 0 Å². The minimum atomic E-state index is -4.39. The molecule has 170 valence electrons. The average Bonchev–Trinajstić information content (AvgIpc) is 3.20. The highest BCUT2D eigenvalue weighted by Gasteiger charge is 2.30. The second-order valence-electron chi connectivity index (χ2n) is 8.02. The maximum absolute atomic E-state index is 13.2. The molecule has 0 bridgehead atoms. The molecule has 0 radical (unpaired) electrons. The van der Waals surface area contributed by atoms with E-state index in [0.29, 0.717) is 17.1 Å². The molecule has 0 saturated carbocycles. The third-order valence-electron chi connectivity index (χ3n) is 5.97. The molecule has 5 rings (SSSR count). The minimum Gasteiger partial charge on any atom is -0.497 e. The van der Waals surface area contributed by atoms with Crippen molar-refractivity contribution in [3.63, 3.8) is 0 Å². The van der Waals surface area contributed by atoms with Crippen LogP contribution in [0.4, 0.5) is 13.2 Å². The maximum atomic E-state index is 13.2. The zero-order valence-electron chi connectivity index (χ0n) is 18.6. The third kappa shape index (κ3) is 3.81. The summed E-state index contributed by atoms with van der Waals surface area (Å²) in [5, 5.41) is 2.09. The van der Waals surface area contributed by atoms with Gasteiger partial charge in [-0.15, -0.1) is 0 Å². The summed E-state index contributed by atoms with van der Waals surface area (Å²) >= 11 is 0. The molecule has 0 amide bonds. The van der Waals surface area contributed by atoms with E-state index in [1.807, 2.05) is 78.3 Å². The number of fused-ring (bicyclic) bond motifs is 1. The number of aromatic nitrogens is 2. The van der Waals surface area contributed by atoms with Gasteiger partial charge >= 0.3 is 6.18 Å². The second-order valence-corrected chi connectivity index (χ2v) is 8.02. The van der Waals surface area contributed by atoms with Gasteiger partial charge in [0, 0.05) is 23.7 Å². The summed E-state index contributed by atoms with van der Waals surface area (Å²) < 4.78 is 46.7. The first-order valence-corrected chi connectivity index (χ1v) is 10.7. The monoisotopic (exact) mass is 458 g/mol. The predicted octanol–water partition coefficient (Wildman–Crippen LogP) is 7.60. The van der Waals surface area contributed by atoms with E-state index in [1.165, 1.54) is 12.1 Å². The van der Waals surface area contributed by atoms with Gasteiger partial charge in [0.2, 0.25) is 0 Å². The van der Waals surface area contributed by atoms with Gasteiger partial charge < -0.3 is 9.30 Å². The lowest BCUT2D eigenvalue weighted by Gasteiger charge is -2.12. The van der Waals surface area contributed by atoms with Gasteiger partial charge in [-0.3, -0.25) is 0 Å². The molecule has 3 nitrogen and oxygen atoms in total. The summed E-state index contributed by atoms with van der Waals surface area (Å²) in [7, 11) is 3.49. The molecule has 1 aromatic heterocycles. The van der Waals surface area contributed by atoms with Gasteiger partial charge in [-0.2, -0.15) is 13.2 Å². The Kier molecular flexibility index (Phi) is 5.36. The highest BCUT2D eigenvalue weighted by Crippen LogP contribution is 2.39. The van der Waals surface area contributed by atoms with E-state index >= 15 is 0 Å². The highest BCUT2D eigenvalue weighted by atomic mass is 19.4. The van der Waals surface area contributed by atoms with Crippen molar-refractivity contribution in [3.05, 3.63) is 96.6 Å². The lowest BCUT2D eigenvalue weighted by Crippen LogP contribution is -2.04. The first-order valence-electron chi connectivity index (χ1n) is 10.7. The normalized spacial score (nSPS) is 11.7. The Labute approximate surface area is 195 Å². The van der Waals surface area contributed by atoms with E-state index in [4.69, 9.17) is 9.72 Å². The average molecular weight is 458 g/mol. The molecule has 0 aliphatic heterocycles. The molecule has 0 saturated heterocycles. The number of halogens is 3. The zero-order chi connectivity index (χ0) is 23.9. The van der Waals surface area contributed by atoms with E-state index in [1.54, 1.807) is 7.11 Å². The third-order valence-corrected chi connectivity index (χ3v) is 5.97. The summed E-state index contributed by atoms with van der Waals surface area (Å²) in [6.07, 6.45) is -4.39. The molecule has 0 unspecified atom stereocenters. The van der Waals surface area contributed by atoms with Crippen LogP contribution >= 0.6 is 0 Å². The van der Waals surface area contributed by atoms with Crippen molar-refractivity contribution in [2.45, 2.75) is 6.18 Å². The Morgan fingerprint density at radius 3 is 2.09 bits per heavy atom. The Bertz CT molecular complexity index is 1460. The number of benzene rings is 4. The number of hydrogen-bond acceptors (Lipinski definition) is 2. The van der Waals surface area contributed by atoms with E-state index in [0.717, 1.165) is 45.5 Å². The van der Waals surface area contributed by atoms with Crippen LogP contribution in [0.2, 0.25) is 0 Å². The van der Waals surface area contributed by atoms with Crippen molar-refractivity contribution in [2.75, 3.05) is 7.11 Å². The molecule has 0 N–H and O–H groups in total. The first kappa shape index (κ1) is 21.8. The van der Waals surface area contributed by atoms with Crippen molar-refractivity contribution in [2.24, 2.45) is 7.05 Å². The summed E-state index contributed by atoms with van der Waals surface area (Å²) in [5.74, 6) is 1.44. The van der Waals surface area contributed by atoms with E-state index in [-0.39, 0.29) is 0 Å². The lowest BCUT2D eigenvalue weighted by atomic mass is 9.98. The standard InChI is InChI=1S/C28H21F3N2O/c1-33-26(19-10-14-21(15-11-19)28(29,30)31)25(24-9-5-7-18-6-3-4-8-23(18)24)32-27(33)20-12-16-22(34-2)17-13-20/h3-17H,1-2H3. The summed E-state index contributed by atoms with van der Waals surface area (Å²) in [4.78, 5) is 5.00. The first-order chi connectivity index (χ1) is 16.4. The van der Waals surface area contributed by atoms with Crippen molar-refractivity contribution < 1.29 is 17.9 Å². The molecular weight excluding hydrogens is 437 g/mol. The van der Waals surface area contributed by atoms with Gasteiger partial charge in [0.25, 0.3) is 0 Å². The summed E-state index contributed by atoms with van der Waals surface area (Å²) in [5.41, 5.74) is 3.23. The molecule has 34 heavy (non-hydrogen) atoms. The lowest BCUT2D eigenvalue weighted by molar-refractivity contribution is -0.137. The van der Waals surface area contributed by atoms with E-state index in [9.17, 15) is 13.2 Å². The van der Waals surface area contributed by atoms with Crippen LogP contribution in [-0.2, 0) is 13.2 Å². The van der Waals surface area contributed by atoms with Gasteiger partial charge in [-0.1, -0.05) is 54.6 Å². The number of ether oxygens (including phenoxy) is 1. The van der Waals surface area contributed by atoms with Crippen molar-refractivity contribution >= 4 is 10.8 Å². The number of rotatable bonds is 4. The number of imidazole rings is 1. The molecular formula is C28H21F3N2O.